The molecule has 4 rings (SSSR count). The summed E-state index contributed by atoms with van der Waals surface area (Å²) < 4.78 is 15.2. The van der Waals surface area contributed by atoms with Gasteiger partial charge in [-0.2, -0.15) is 10.1 Å². The molecule has 0 bridgehead atoms. The number of hydrogen-bond donors (Lipinski definition) is 4. The number of anilines is 4. The molecule has 3 heterocycles. The summed E-state index contributed by atoms with van der Waals surface area (Å²) >= 11 is 6.23. The summed E-state index contributed by atoms with van der Waals surface area (Å²) in [6, 6.07) is 5.17. The molecular weight excluding hydrogens is 483 g/mol. The third-order valence-electron chi connectivity index (χ3n) is 6.68. The number of hydrogen-bond acceptors (Lipinski definition) is 7. The zero-order valence-corrected chi connectivity index (χ0v) is 21.9. The Morgan fingerprint density at radius 2 is 1.92 bits per heavy atom. The SMILES string of the molecule is CNC(C)(C)C(=O)N1CCC(c2cc(F)c(Nc3ncc(Cl)c(Nc4cc(C)[nH]n4)n3)cc2C)CC1. The topological polar surface area (TPSA) is 111 Å². The number of benzene rings is 1. The Labute approximate surface area is 215 Å². The van der Waals surface area contributed by atoms with E-state index in [0.717, 1.165) is 29.7 Å². The molecule has 1 amide bonds. The van der Waals surface area contributed by atoms with Crippen molar-refractivity contribution in [1.29, 1.82) is 0 Å². The fraction of sp³-hybridized carbons (Fsp3) is 0.440. The number of carbonyl (C=O) groups is 1. The number of aryl methyl sites for hydroxylation is 2. The number of aromatic nitrogens is 4. The van der Waals surface area contributed by atoms with Crippen LogP contribution >= 0.6 is 11.6 Å². The highest BCUT2D eigenvalue weighted by Crippen LogP contribution is 2.34. The van der Waals surface area contributed by atoms with Crippen LogP contribution in [0.5, 0.6) is 0 Å². The van der Waals surface area contributed by atoms with Gasteiger partial charge in [-0.3, -0.25) is 9.89 Å². The Morgan fingerprint density at radius 1 is 1.19 bits per heavy atom. The second-order valence-corrected chi connectivity index (χ2v) is 10.1. The zero-order chi connectivity index (χ0) is 26.0. The van der Waals surface area contributed by atoms with Crippen LogP contribution in [0.25, 0.3) is 0 Å². The highest BCUT2D eigenvalue weighted by molar-refractivity contribution is 6.32. The molecule has 192 valence electrons. The Balaban J connectivity index is 1.46. The van der Waals surface area contributed by atoms with Crippen molar-refractivity contribution in [3.63, 3.8) is 0 Å². The van der Waals surface area contributed by atoms with E-state index in [9.17, 15) is 4.79 Å². The highest BCUT2D eigenvalue weighted by atomic mass is 35.5. The average Bonchev–Trinajstić information content (AvgIpc) is 3.27. The Bertz CT molecular complexity index is 1250. The van der Waals surface area contributed by atoms with Crippen LogP contribution in [0.2, 0.25) is 5.02 Å². The summed E-state index contributed by atoms with van der Waals surface area (Å²) in [6.45, 7) is 8.92. The van der Waals surface area contributed by atoms with Gasteiger partial charge in [0.15, 0.2) is 11.6 Å². The molecule has 9 nitrogen and oxygen atoms in total. The first kappa shape index (κ1) is 25.8. The zero-order valence-electron chi connectivity index (χ0n) is 21.2. The summed E-state index contributed by atoms with van der Waals surface area (Å²) in [7, 11) is 1.79. The highest BCUT2D eigenvalue weighted by Gasteiger charge is 2.33. The normalized spacial score (nSPS) is 14.7. The number of nitrogens with zero attached hydrogens (tertiary/aromatic N) is 4. The van der Waals surface area contributed by atoms with Crippen molar-refractivity contribution in [2.75, 3.05) is 30.8 Å². The molecule has 0 unspecified atom stereocenters. The molecule has 1 aliphatic rings. The molecule has 0 spiro atoms. The van der Waals surface area contributed by atoms with Gasteiger partial charge < -0.3 is 20.9 Å². The van der Waals surface area contributed by atoms with Gasteiger partial charge in [-0.05, 0) is 76.8 Å². The van der Waals surface area contributed by atoms with Gasteiger partial charge in [0.05, 0.1) is 17.4 Å². The first-order valence-corrected chi connectivity index (χ1v) is 12.3. The maximum absolute atomic E-state index is 15.2. The lowest BCUT2D eigenvalue weighted by molar-refractivity contribution is -0.138. The van der Waals surface area contributed by atoms with Crippen LogP contribution in [0.4, 0.5) is 27.7 Å². The summed E-state index contributed by atoms with van der Waals surface area (Å²) in [5.74, 6) is 1.02. The number of aromatic amines is 1. The Kier molecular flexibility index (Phi) is 7.46. The summed E-state index contributed by atoms with van der Waals surface area (Å²) in [4.78, 5) is 23.2. The predicted molar refractivity (Wildman–Crippen MR) is 140 cm³/mol. The van der Waals surface area contributed by atoms with Gasteiger partial charge in [0.1, 0.15) is 10.8 Å². The molecule has 0 radical (unpaired) electrons. The predicted octanol–water partition coefficient (Wildman–Crippen LogP) is 4.80. The number of carbonyl (C=O) groups excluding carboxylic acids is 1. The van der Waals surface area contributed by atoms with Gasteiger partial charge in [0.2, 0.25) is 11.9 Å². The number of likely N-dealkylation sites (N-methyl/N-ethyl adjacent to an activating group) is 1. The largest absolute Gasteiger partial charge is 0.341 e. The minimum Gasteiger partial charge on any atom is -0.341 e. The molecule has 0 saturated carbocycles. The number of piperidine rings is 1. The van der Waals surface area contributed by atoms with Crippen LogP contribution in [0.3, 0.4) is 0 Å². The van der Waals surface area contributed by atoms with E-state index in [4.69, 9.17) is 11.6 Å². The van der Waals surface area contributed by atoms with E-state index in [2.05, 4.69) is 36.1 Å². The monoisotopic (exact) mass is 514 g/mol. The molecule has 1 aliphatic heterocycles. The molecule has 0 aliphatic carbocycles. The van der Waals surface area contributed by atoms with E-state index >= 15 is 4.39 Å². The van der Waals surface area contributed by atoms with Crippen LogP contribution in [0.1, 0.15) is 49.4 Å². The van der Waals surface area contributed by atoms with Gasteiger partial charge in [-0.1, -0.05) is 11.6 Å². The van der Waals surface area contributed by atoms with Crippen LogP contribution < -0.4 is 16.0 Å². The molecule has 36 heavy (non-hydrogen) atoms. The van der Waals surface area contributed by atoms with Crippen molar-refractivity contribution >= 4 is 40.8 Å². The minimum atomic E-state index is -0.599. The average molecular weight is 515 g/mol. The van der Waals surface area contributed by atoms with Crippen molar-refractivity contribution in [3.8, 4) is 0 Å². The summed E-state index contributed by atoms with van der Waals surface area (Å²) in [5.41, 5.74) is 2.50. The molecule has 1 fully saturated rings. The van der Waals surface area contributed by atoms with Crippen molar-refractivity contribution < 1.29 is 9.18 Å². The third kappa shape index (κ3) is 5.60. The van der Waals surface area contributed by atoms with E-state index in [1.807, 2.05) is 38.7 Å². The lowest BCUT2D eigenvalue weighted by Gasteiger charge is -2.37. The Hall–Kier alpha value is -3.24. The number of H-pyrrole nitrogens is 1. The third-order valence-corrected chi connectivity index (χ3v) is 6.96. The molecule has 4 N–H and O–H groups in total. The van der Waals surface area contributed by atoms with Gasteiger partial charge in [0, 0.05) is 24.8 Å². The van der Waals surface area contributed by atoms with E-state index in [-0.39, 0.29) is 29.3 Å². The van der Waals surface area contributed by atoms with Gasteiger partial charge >= 0.3 is 0 Å². The van der Waals surface area contributed by atoms with Crippen molar-refractivity contribution in [1.82, 2.24) is 30.4 Å². The van der Waals surface area contributed by atoms with Crippen LogP contribution in [-0.4, -0.2) is 56.6 Å². The van der Waals surface area contributed by atoms with Crippen LogP contribution in [-0.2, 0) is 4.79 Å². The van der Waals surface area contributed by atoms with E-state index in [0.29, 0.717) is 29.7 Å². The van der Waals surface area contributed by atoms with Gasteiger partial charge in [0.25, 0.3) is 0 Å². The van der Waals surface area contributed by atoms with Gasteiger partial charge in [-0.15, -0.1) is 0 Å². The van der Waals surface area contributed by atoms with Gasteiger partial charge in [-0.25, -0.2) is 9.37 Å². The minimum absolute atomic E-state index is 0.0881. The summed E-state index contributed by atoms with van der Waals surface area (Å²) in [5, 5.41) is 16.3. The van der Waals surface area contributed by atoms with Crippen LogP contribution in [0, 0.1) is 19.7 Å². The molecule has 1 saturated heterocycles. The number of amides is 1. The number of likely N-dealkylation sites (tertiary alicyclic amines) is 1. The Morgan fingerprint density at radius 3 is 2.56 bits per heavy atom. The molecule has 1 aromatic carbocycles. The van der Waals surface area contributed by atoms with E-state index in [1.165, 1.54) is 6.20 Å². The fourth-order valence-corrected chi connectivity index (χ4v) is 4.51. The maximum Gasteiger partial charge on any atom is 0.242 e. The van der Waals surface area contributed by atoms with Crippen LogP contribution in [0.15, 0.2) is 24.4 Å². The molecule has 2 aromatic heterocycles. The standard InChI is InChI=1S/C25H32ClFN8O/c1-14-10-20(30-24-29-13-18(26)22(32-24)31-21-11-15(2)33-34-21)19(27)12-17(14)16-6-8-35(9-7-16)23(36)25(3,4)28-5/h10-13,16,28H,6-9H2,1-5H3,(H3,29,30,31,32,33,34). The second kappa shape index (κ2) is 10.4. The number of rotatable bonds is 7. The smallest absolute Gasteiger partial charge is 0.242 e. The molecular formula is C25H32ClFN8O. The first-order valence-electron chi connectivity index (χ1n) is 11.9. The van der Waals surface area contributed by atoms with E-state index < -0.39 is 5.54 Å². The second-order valence-electron chi connectivity index (χ2n) is 9.71. The fourth-order valence-electron chi connectivity index (χ4n) is 4.37. The van der Waals surface area contributed by atoms with Crippen molar-refractivity contribution in [3.05, 3.63) is 52.1 Å². The number of nitrogens with one attached hydrogen (secondary N) is 4. The summed E-state index contributed by atoms with van der Waals surface area (Å²) in [6.07, 6.45) is 3.03. The number of halogens is 2. The maximum atomic E-state index is 15.2. The molecule has 3 aromatic rings. The molecule has 0 atom stereocenters. The lowest BCUT2D eigenvalue weighted by Crippen LogP contribution is -2.54. The van der Waals surface area contributed by atoms with E-state index in [1.54, 1.807) is 19.2 Å². The van der Waals surface area contributed by atoms with Crippen molar-refractivity contribution in [2.24, 2.45) is 0 Å². The quantitative estimate of drug-likeness (QED) is 0.358. The lowest BCUT2D eigenvalue weighted by atomic mass is 9.86. The van der Waals surface area contributed by atoms with Crippen molar-refractivity contribution in [2.45, 2.75) is 52.0 Å². The first-order chi connectivity index (χ1) is 17.1. The molecule has 11 heteroatoms.